The van der Waals surface area contributed by atoms with Crippen LogP contribution in [0.1, 0.15) is 35.1 Å². The molecule has 0 bridgehead atoms. The van der Waals surface area contributed by atoms with Crippen LogP contribution in [0.5, 0.6) is 11.5 Å². The van der Waals surface area contributed by atoms with E-state index < -0.39 is 45.2 Å². The van der Waals surface area contributed by atoms with Crippen LogP contribution in [-0.2, 0) is 41.4 Å². The van der Waals surface area contributed by atoms with Crippen molar-refractivity contribution in [3.8, 4) is 11.5 Å². The molecule has 0 radical (unpaired) electrons. The van der Waals surface area contributed by atoms with Gasteiger partial charge in [-0.05, 0) is 52.9 Å². The molecule has 1 heterocycles. The molecule has 0 spiro atoms. The van der Waals surface area contributed by atoms with Crippen LogP contribution < -0.4 is 9.47 Å². The van der Waals surface area contributed by atoms with Gasteiger partial charge in [0.05, 0.1) is 27.1 Å². The van der Waals surface area contributed by atoms with Crippen molar-refractivity contribution in [1.82, 2.24) is 5.06 Å². The molecule has 12 heteroatoms. The Morgan fingerprint density at radius 1 is 0.875 bits per heavy atom. The minimum Gasteiger partial charge on any atom is -0.497 e. The standard InChI is InChI=1S/C28H27NO10S/c1-37-22-12-8-20(9-13-22)28(33,21-10-14-23(38-2)15-11-21)19-6-3-18(4-7-19)5-16-26(31)39-29-25(30)17-24(27(29)32)40(34,35)36/h3-4,6-15,24,33H,5,16-17H2,1-2H3,(H,34,35,36). The maximum atomic E-state index is 12.3. The fourth-order valence-corrected chi connectivity index (χ4v) is 5.09. The van der Waals surface area contributed by atoms with Gasteiger partial charge in [-0.2, -0.15) is 8.42 Å². The number of carbonyl (C=O) groups excluding carboxylic acids is 3. The Morgan fingerprint density at radius 2 is 1.32 bits per heavy atom. The van der Waals surface area contributed by atoms with Crippen molar-refractivity contribution in [1.29, 1.82) is 0 Å². The number of hydrogen-bond acceptors (Lipinski definition) is 9. The van der Waals surface area contributed by atoms with E-state index in [9.17, 15) is 27.9 Å². The molecule has 1 saturated heterocycles. The van der Waals surface area contributed by atoms with Crippen LogP contribution in [0, 0.1) is 0 Å². The van der Waals surface area contributed by atoms with E-state index >= 15 is 0 Å². The van der Waals surface area contributed by atoms with Crippen molar-refractivity contribution in [2.45, 2.75) is 30.1 Å². The molecule has 3 aromatic rings. The maximum Gasteiger partial charge on any atom is 0.333 e. The Hall–Kier alpha value is -4.26. The van der Waals surface area contributed by atoms with Gasteiger partial charge >= 0.3 is 5.97 Å². The molecule has 1 atom stereocenters. The molecule has 4 rings (SSSR count). The minimum absolute atomic E-state index is 0.0771. The smallest absolute Gasteiger partial charge is 0.333 e. The van der Waals surface area contributed by atoms with Gasteiger partial charge in [-0.25, -0.2) is 4.79 Å². The normalized spacial score (nSPS) is 15.7. The van der Waals surface area contributed by atoms with Crippen LogP contribution in [0.25, 0.3) is 0 Å². The fourth-order valence-electron chi connectivity index (χ4n) is 4.38. The number of aliphatic hydroxyl groups is 1. The highest BCUT2D eigenvalue weighted by molar-refractivity contribution is 7.87. The van der Waals surface area contributed by atoms with Crippen LogP contribution >= 0.6 is 0 Å². The molecule has 2 N–H and O–H groups in total. The monoisotopic (exact) mass is 569 g/mol. The van der Waals surface area contributed by atoms with Gasteiger partial charge in [0.1, 0.15) is 17.1 Å². The lowest BCUT2D eigenvalue weighted by atomic mass is 9.80. The quantitative estimate of drug-likeness (QED) is 0.211. The average Bonchev–Trinajstić information content (AvgIpc) is 3.25. The second kappa shape index (κ2) is 11.5. The molecule has 40 heavy (non-hydrogen) atoms. The van der Waals surface area contributed by atoms with Gasteiger partial charge in [0, 0.05) is 0 Å². The third-order valence-electron chi connectivity index (χ3n) is 6.62. The predicted octanol–water partition coefficient (Wildman–Crippen LogP) is 2.39. The molecular weight excluding hydrogens is 542 g/mol. The molecule has 3 aromatic carbocycles. The number of rotatable bonds is 10. The van der Waals surface area contributed by atoms with Gasteiger partial charge < -0.3 is 19.4 Å². The summed E-state index contributed by atoms with van der Waals surface area (Å²) in [5.41, 5.74) is 0.910. The molecule has 1 fully saturated rings. The number of hydroxylamine groups is 2. The molecule has 11 nitrogen and oxygen atoms in total. The first-order chi connectivity index (χ1) is 19.0. The van der Waals surface area contributed by atoms with Crippen molar-refractivity contribution < 1.29 is 46.8 Å². The van der Waals surface area contributed by atoms with Crippen molar-refractivity contribution in [2.75, 3.05) is 14.2 Å². The molecule has 2 amide bonds. The molecule has 0 aliphatic carbocycles. The van der Waals surface area contributed by atoms with Crippen LogP contribution in [-0.4, -0.2) is 60.4 Å². The number of nitrogens with zero attached hydrogens (tertiary/aromatic N) is 1. The number of aryl methyl sites for hydroxylation is 1. The number of imide groups is 1. The van der Waals surface area contributed by atoms with Gasteiger partial charge in [-0.3, -0.25) is 14.1 Å². The summed E-state index contributed by atoms with van der Waals surface area (Å²) in [6.45, 7) is 0. The Balaban J connectivity index is 1.50. The van der Waals surface area contributed by atoms with Crippen molar-refractivity contribution in [2.24, 2.45) is 0 Å². The van der Waals surface area contributed by atoms with E-state index in [0.29, 0.717) is 33.8 Å². The first kappa shape index (κ1) is 28.7. The first-order valence-corrected chi connectivity index (χ1v) is 13.6. The number of carbonyl (C=O) groups is 3. The summed E-state index contributed by atoms with van der Waals surface area (Å²) in [7, 11) is -1.70. The summed E-state index contributed by atoms with van der Waals surface area (Å²) < 4.78 is 42.1. The van der Waals surface area contributed by atoms with E-state index in [1.807, 2.05) is 0 Å². The fraction of sp³-hybridized carbons (Fsp3) is 0.250. The lowest BCUT2D eigenvalue weighted by molar-refractivity contribution is -0.197. The SMILES string of the molecule is COc1ccc(C(O)(c2ccc(CCC(=O)ON3C(=O)CC(S(=O)(=O)O)C3=O)cc2)c2ccc(OC)cc2)cc1. The third-order valence-corrected chi connectivity index (χ3v) is 7.71. The number of methoxy groups -OCH3 is 2. The highest BCUT2D eigenvalue weighted by Crippen LogP contribution is 2.38. The molecule has 1 unspecified atom stereocenters. The second-order valence-electron chi connectivity index (χ2n) is 9.06. The summed E-state index contributed by atoms with van der Waals surface area (Å²) in [5, 5.41) is 10.2. The summed E-state index contributed by atoms with van der Waals surface area (Å²) >= 11 is 0. The van der Waals surface area contributed by atoms with E-state index in [0.717, 1.165) is 0 Å². The summed E-state index contributed by atoms with van der Waals surface area (Å²) in [5.74, 6) is -2.03. The number of amides is 2. The van der Waals surface area contributed by atoms with E-state index in [-0.39, 0.29) is 17.9 Å². The zero-order chi connectivity index (χ0) is 29.1. The molecule has 210 valence electrons. The van der Waals surface area contributed by atoms with Crippen LogP contribution in [0.15, 0.2) is 72.8 Å². The summed E-state index contributed by atoms with van der Waals surface area (Å²) in [4.78, 5) is 41.0. The molecule has 0 saturated carbocycles. The van der Waals surface area contributed by atoms with E-state index in [2.05, 4.69) is 0 Å². The second-order valence-corrected chi connectivity index (χ2v) is 10.7. The predicted molar refractivity (Wildman–Crippen MR) is 141 cm³/mol. The molecule has 1 aliphatic heterocycles. The topological polar surface area (TPSA) is 157 Å². The first-order valence-electron chi connectivity index (χ1n) is 12.1. The highest BCUT2D eigenvalue weighted by atomic mass is 32.2. The summed E-state index contributed by atoms with van der Waals surface area (Å²) in [6, 6.07) is 20.9. The van der Waals surface area contributed by atoms with Crippen molar-refractivity contribution in [3.05, 3.63) is 95.1 Å². The number of hydrogen-bond donors (Lipinski definition) is 2. The average molecular weight is 570 g/mol. The van der Waals surface area contributed by atoms with Gasteiger partial charge in [0.15, 0.2) is 5.25 Å². The highest BCUT2D eigenvalue weighted by Gasteiger charge is 2.48. The van der Waals surface area contributed by atoms with Gasteiger partial charge in [0.2, 0.25) is 0 Å². The van der Waals surface area contributed by atoms with Crippen LogP contribution in [0.3, 0.4) is 0 Å². The lowest BCUT2D eigenvalue weighted by Crippen LogP contribution is -2.36. The maximum absolute atomic E-state index is 12.3. The number of benzene rings is 3. The molecular formula is C28H27NO10S. The van der Waals surface area contributed by atoms with Crippen molar-refractivity contribution >= 4 is 27.9 Å². The van der Waals surface area contributed by atoms with Gasteiger partial charge in [-0.15, -0.1) is 5.06 Å². The number of ether oxygens (including phenoxy) is 2. The van der Waals surface area contributed by atoms with E-state index in [4.69, 9.17) is 18.9 Å². The Bertz CT molecular complexity index is 1450. The Morgan fingerprint density at radius 3 is 1.73 bits per heavy atom. The van der Waals surface area contributed by atoms with Gasteiger partial charge in [0.25, 0.3) is 21.9 Å². The zero-order valence-corrected chi connectivity index (χ0v) is 22.5. The van der Waals surface area contributed by atoms with Crippen LogP contribution in [0.2, 0.25) is 0 Å². The van der Waals surface area contributed by atoms with Crippen LogP contribution in [0.4, 0.5) is 0 Å². The molecule has 1 aliphatic rings. The van der Waals surface area contributed by atoms with Gasteiger partial charge in [-0.1, -0.05) is 48.5 Å². The summed E-state index contributed by atoms with van der Waals surface area (Å²) in [6.07, 6.45) is -0.869. The Kier molecular flexibility index (Phi) is 8.24. The Labute approximate surface area is 230 Å². The van der Waals surface area contributed by atoms with E-state index in [1.165, 1.54) is 0 Å². The minimum atomic E-state index is -4.81. The molecule has 0 aromatic heterocycles. The van der Waals surface area contributed by atoms with E-state index in [1.54, 1.807) is 87.0 Å². The lowest BCUT2D eigenvalue weighted by Gasteiger charge is -2.30. The zero-order valence-electron chi connectivity index (χ0n) is 21.6. The third kappa shape index (κ3) is 5.83. The van der Waals surface area contributed by atoms with Crippen molar-refractivity contribution in [3.63, 3.8) is 0 Å². The largest absolute Gasteiger partial charge is 0.497 e.